The molecule has 1 saturated heterocycles. The molecule has 3 aromatic carbocycles. The summed E-state index contributed by atoms with van der Waals surface area (Å²) in [7, 11) is -3.60. The van der Waals surface area contributed by atoms with Crippen molar-refractivity contribution in [1.29, 1.82) is 0 Å². The van der Waals surface area contributed by atoms with Crippen LogP contribution in [0.4, 0.5) is 10.1 Å². The second-order valence-corrected chi connectivity index (χ2v) is 10.2. The van der Waals surface area contributed by atoms with E-state index >= 15 is 0 Å². The first-order valence-electron chi connectivity index (χ1n) is 10.9. The molecule has 0 saturated carbocycles. The maximum absolute atomic E-state index is 13.3. The van der Waals surface area contributed by atoms with Crippen LogP contribution in [0.15, 0.2) is 71.8 Å². The molecule has 1 atom stereocenters. The Morgan fingerprint density at radius 1 is 1.06 bits per heavy atom. The van der Waals surface area contributed by atoms with E-state index in [1.165, 1.54) is 12.1 Å². The van der Waals surface area contributed by atoms with E-state index in [0.29, 0.717) is 17.9 Å². The van der Waals surface area contributed by atoms with Crippen LogP contribution in [0.2, 0.25) is 0 Å². The second kappa shape index (κ2) is 8.28. The highest BCUT2D eigenvalue weighted by atomic mass is 32.2. The van der Waals surface area contributed by atoms with Crippen LogP contribution >= 0.6 is 0 Å². The van der Waals surface area contributed by atoms with Crippen molar-refractivity contribution in [2.45, 2.75) is 31.2 Å². The number of rotatable bonds is 5. The van der Waals surface area contributed by atoms with E-state index < -0.39 is 10.0 Å². The predicted molar refractivity (Wildman–Crippen MR) is 128 cm³/mol. The summed E-state index contributed by atoms with van der Waals surface area (Å²) < 4.78 is 44.1. The zero-order valence-corrected chi connectivity index (χ0v) is 19.3. The standard InChI is InChI=1S/C25H25FN4O2S/c1-17-6-7-18(2)25(14-17)33(31,32)28-20-12-13-29(16-20)23-4-3-5-24-22(23)15-27-30(24)21-10-8-19(26)9-11-21/h3-11,14-15,20,28H,12-13,16H2,1-2H3/t20-/m0/s1. The third-order valence-corrected chi connectivity index (χ3v) is 7.81. The van der Waals surface area contributed by atoms with Crippen molar-refractivity contribution < 1.29 is 12.8 Å². The Bertz CT molecular complexity index is 1430. The number of aromatic nitrogens is 2. The highest BCUT2D eigenvalue weighted by Crippen LogP contribution is 2.31. The fourth-order valence-corrected chi connectivity index (χ4v) is 6.05. The van der Waals surface area contributed by atoms with Crippen molar-refractivity contribution in [2.75, 3.05) is 18.0 Å². The Labute approximate surface area is 192 Å². The molecule has 1 aliphatic rings. The number of hydrogen-bond acceptors (Lipinski definition) is 4. The number of aryl methyl sites for hydroxylation is 2. The second-order valence-electron chi connectivity index (χ2n) is 8.56. The van der Waals surface area contributed by atoms with Gasteiger partial charge in [0.25, 0.3) is 0 Å². The molecule has 6 nitrogen and oxygen atoms in total. The number of hydrogen-bond donors (Lipinski definition) is 1. The fraction of sp³-hybridized carbons (Fsp3) is 0.240. The smallest absolute Gasteiger partial charge is 0.241 e. The van der Waals surface area contributed by atoms with Gasteiger partial charge in [-0.2, -0.15) is 5.10 Å². The molecule has 4 aromatic rings. The van der Waals surface area contributed by atoms with E-state index in [-0.39, 0.29) is 11.9 Å². The first-order valence-corrected chi connectivity index (χ1v) is 12.4. The molecule has 1 fully saturated rings. The summed E-state index contributed by atoms with van der Waals surface area (Å²) in [5.41, 5.74) is 4.36. The maximum atomic E-state index is 13.3. The molecule has 1 aromatic heterocycles. The van der Waals surface area contributed by atoms with Crippen molar-refractivity contribution in [2.24, 2.45) is 0 Å². The summed E-state index contributed by atoms with van der Waals surface area (Å²) >= 11 is 0. The third-order valence-electron chi connectivity index (χ3n) is 6.15. The molecular weight excluding hydrogens is 439 g/mol. The number of anilines is 1. The van der Waals surface area contributed by atoms with E-state index in [1.807, 2.05) is 50.4 Å². The van der Waals surface area contributed by atoms with Gasteiger partial charge in [-0.25, -0.2) is 22.2 Å². The van der Waals surface area contributed by atoms with Crippen LogP contribution in [0.3, 0.4) is 0 Å². The maximum Gasteiger partial charge on any atom is 0.241 e. The van der Waals surface area contributed by atoms with Gasteiger partial charge in [0, 0.05) is 30.2 Å². The monoisotopic (exact) mass is 464 g/mol. The minimum absolute atomic E-state index is 0.183. The fourth-order valence-electron chi connectivity index (χ4n) is 4.45. The van der Waals surface area contributed by atoms with Gasteiger partial charge in [0.05, 0.1) is 22.3 Å². The average molecular weight is 465 g/mol. The van der Waals surface area contributed by atoms with E-state index in [2.05, 4.69) is 14.7 Å². The molecule has 1 aliphatic heterocycles. The minimum atomic E-state index is -3.60. The molecule has 0 amide bonds. The van der Waals surface area contributed by atoms with E-state index in [1.54, 1.807) is 22.9 Å². The number of halogens is 1. The zero-order chi connectivity index (χ0) is 23.2. The molecule has 33 heavy (non-hydrogen) atoms. The summed E-state index contributed by atoms with van der Waals surface area (Å²) in [6.45, 7) is 5.02. The summed E-state index contributed by atoms with van der Waals surface area (Å²) in [5, 5.41) is 5.49. The van der Waals surface area contributed by atoms with Gasteiger partial charge >= 0.3 is 0 Å². The first kappa shape index (κ1) is 21.6. The molecule has 0 bridgehead atoms. The number of benzene rings is 3. The van der Waals surface area contributed by atoms with Gasteiger partial charge in [-0.15, -0.1) is 0 Å². The van der Waals surface area contributed by atoms with Crippen molar-refractivity contribution in [3.8, 4) is 5.69 Å². The lowest BCUT2D eigenvalue weighted by Crippen LogP contribution is -2.37. The van der Waals surface area contributed by atoms with Crippen molar-refractivity contribution in [3.63, 3.8) is 0 Å². The van der Waals surface area contributed by atoms with Crippen molar-refractivity contribution >= 4 is 26.6 Å². The van der Waals surface area contributed by atoms with Crippen LogP contribution in [-0.2, 0) is 10.0 Å². The number of nitrogens with zero attached hydrogens (tertiary/aromatic N) is 3. The van der Waals surface area contributed by atoms with E-state index in [0.717, 1.165) is 39.9 Å². The van der Waals surface area contributed by atoms with Crippen LogP contribution in [0.5, 0.6) is 0 Å². The lowest BCUT2D eigenvalue weighted by molar-refractivity contribution is 0.560. The van der Waals surface area contributed by atoms with Gasteiger partial charge in [0.1, 0.15) is 5.82 Å². The zero-order valence-electron chi connectivity index (χ0n) is 18.5. The Balaban J connectivity index is 1.39. The molecule has 0 unspecified atom stereocenters. The van der Waals surface area contributed by atoms with Gasteiger partial charge < -0.3 is 4.90 Å². The predicted octanol–water partition coefficient (Wildman–Crippen LogP) is 4.34. The first-order chi connectivity index (χ1) is 15.8. The summed E-state index contributed by atoms with van der Waals surface area (Å²) in [6.07, 6.45) is 2.52. The van der Waals surface area contributed by atoms with Gasteiger partial charge in [-0.05, 0) is 73.9 Å². The highest BCUT2D eigenvalue weighted by molar-refractivity contribution is 7.89. The summed E-state index contributed by atoms with van der Waals surface area (Å²) in [5.74, 6) is -0.290. The van der Waals surface area contributed by atoms with Gasteiger partial charge in [-0.1, -0.05) is 18.2 Å². The molecule has 0 radical (unpaired) electrons. The Morgan fingerprint density at radius 3 is 2.64 bits per heavy atom. The van der Waals surface area contributed by atoms with Crippen LogP contribution < -0.4 is 9.62 Å². The Morgan fingerprint density at radius 2 is 1.85 bits per heavy atom. The average Bonchev–Trinajstić information content (AvgIpc) is 3.42. The molecule has 5 rings (SSSR count). The number of fused-ring (bicyclic) bond motifs is 1. The topological polar surface area (TPSA) is 67.2 Å². The van der Waals surface area contributed by atoms with Crippen LogP contribution in [-0.4, -0.2) is 37.3 Å². The van der Waals surface area contributed by atoms with Crippen molar-refractivity contribution in [3.05, 3.63) is 83.8 Å². The summed E-state index contributed by atoms with van der Waals surface area (Å²) in [4.78, 5) is 2.53. The number of nitrogens with one attached hydrogen (secondary N) is 1. The van der Waals surface area contributed by atoms with E-state index in [9.17, 15) is 12.8 Å². The third kappa shape index (κ3) is 4.12. The van der Waals surface area contributed by atoms with Crippen molar-refractivity contribution in [1.82, 2.24) is 14.5 Å². The van der Waals surface area contributed by atoms with Gasteiger partial charge in [0.15, 0.2) is 0 Å². The number of sulfonamides is 1. The van der Waals surface area contributed by atoms with Gasteiger partial charge in [0.2, 0.25) is 10.0 Å². The molecule has 2 heterocycles. The van der Waals surface area contributed by atoms with Gasteiger partial charge in [-0.3, -0.25) is 0 Å². The molecule has 0 spiro atoms. The molecule has 0 aliphatic carbocycles. The molecule has 170 valence electrons. The molecular formula is C25H25FN4O2S. The normalized spacial score (nSPS) is 16.6. The quantitative estimate of drug-likeness (QED) is 0.477. The van der Waals surface area contributed by atoms with E-state index in [4.69, 9.17) is 0 Å². The Kier molecular flexibility index (Phi) is 5.42. The lowest BCUT2D eigenvalue weighted by atomic mass is 10.2. The SMILES string of the molecule is Cc1ccc(C)c(S(=O)(=O)N[C@H]2CCN(c3cccc4c3cnn4-c3ccc(F)cc3)C2)c1. The van der Waals surface area contributed by atoms with Crippen LogP contribution in [0.1, 0.15) is 17.5 Å². The lowest BCUT2D eigenvalue weighted by Gasteiger charge is -2.20. The Hall–Kier alpha value is -3.23. The van der Waals surface area contributed by atoms with Crippen LogP contribution in [0.25, 0.3) is 16.6 Å². The summed E-state index contributed by atoms with van der Waals surface area (Å²) in [6, 6.07) is 17.5. The largest absolute Gasteiger partial charge is 0.369 e. The van der Waals surface area contributed by atoms with Crippen LogP contribution in [0, 0.1) is 19.7 Å². The molecule has 8 heteroatoms. The highest BCUT2D eigenvalue weighted by Gasteiger charge is 2.29. The molecule has 1 N–H and O–H groups in total. The minimum Gasteiger partial charge on any atom is -0.369 e.